The topological polar surface area (TPSA) is 133 Å². The molecule has 4 rings (SSSR count). The minimum atomic E-state index is -1.51. The van der Waals surface area contributed by atoms with Gasteiger partial charge in [0.15, 0.2) is 5.69 Å². The quantitative estimate of drug-likeness (QED) is 0.232. The Morgan fingerprint density at radius 1 is 1.07 bits per heavy atom. The summed E-state index contributed by atoms with van der Waals surface area (Å²) >= 11 is 0. The fraction of sp³-hybridized carbons (Fsp3) is 0.481. The van der Waals surface area contributed by atoms with E-state index in [9.17, 15) is 4.79 Å². The Balaban J connectivity index is 1.34. The first-order valence-electron chi connectivity index (χ1n) is 13.3. The molecule has 3 aromatic heterocycles. The van der Waals surface area contributed by atoms with Crippen LogP contribution in [0.25, 0.3) is 0 Å². The molecule has 0 spiro atoms. The Kier molecular flexibility index (Phi) is 9.96. The number of amides is 1. The number of morpholine rings is 1. The van der Waals surface area contributed by atoms with Gasteiger partial charge in [0.25, 0.3) is 5.95 Å². The second kappa shape index (κ2) is 13.6. The van der Waals surface area contributed by atoms with Gasteiger partial charge in [-0.25, -0.2) is 4.98 Å². The Morgan fingerprint density at radius 3 is 2.48 bits per heavy atom. The van der Waals surface area contributed by atoms with Crippen LogP contribution in [0.1, 0.15) is 12.2 Å². The van der Waals surface area contributed by atoms with Crippen molar-refractivity contribution >= 4 is 30.8 Å². The van der Waals surface area contributed by atoms with Crippen LogP contribution in [-0.4, -0.2) is 87.4 Å². The van der Waals surface area contributed by atoms with Crippen molar-refractivity contribution in [1.82, 2.24) is 19.9 Å². The summed E-state index contributed by atoms with van der Waals surface area (Å²) in [6.07, 6.45) is 2.61. The molecular formula is C27H38N6O6Si. The summed E-state index contributed by atoms with van der Waals surface area (Å²) in [7, 11) is 1.43. The van der Waals surface area contributed by atoms with Gasteiger partial charge in [-0.15, -0.1) is 0 Å². The van der Waals surface area contributed by atoms with Crippen LogP contribution in [0.5, 0.6) is 23.6 Å². The van der Waals surface area contributed by atoms with Gasteiger partial charge in [-0.1, -0.05) is 24.8 Å². The van der Waals surface area contributed by atoms with Crippen molar-refractivity contribution < 1.29 is 28.2 Å². The van der Waals surface area contributed by atoms with Crippen molar-refractivity contribution in [2.24, 2.45) is 0 Å². The van der Waals surface area contributed by atoms with Crippen molar-refractivity contribution in [2.45, 2.75) is 32.5 Å². The minimum absolute atomic E-state index is 0.0421. The van der Waals surface area contributed by atoms with Gasteiger partial charge in [0.05, 0.1) is 41.9 Å². The normalized spacial score (nSPS) is 14.0. The van der Waals surface area contributed by atoms with E-state index < -0.39 is 8.07 Å². The summed E-state index contributed by atoms with van der Waals surface area (Å²) in [5.74, 6) is 1.50. The lowest BCUT2D eigenvalue weighted by molar-refractivity contribution is -0.115. The van der Waals surface area contributed by atoms with E-state index in [1.54, 1.807) is 18.3 Å². The van der Waals surface area contributed by atoms with Gasteiger partial charge >= 0.3 is 0 Å². The first-order valence-corrected chi connectivity index (χ1v) is 16.8. The molecule has 4 heterocycles. The third-order valence-electron chi connectivity index (χ3n) is 6.31. The first kappa shape index (κ1) is 29.3. The predicted molar refractivity (Wildman–Crippen MR) is 154 cm³/mol. The number of furan rings is 1. The third kappa shape index (κ3) is 8.16. The number of nitrogens with one attached hydrogen (secondary N) is 2. The zero-order valence-corrected chi connectivity index (χ0v) is 24.8. The Labute approximate surface area is 235 Å². The van der Waals surface area contributed by atoms with Crippen LogP contribution in [-0.2, 0) is 16.0 Å². The molecule has 0 radical (unpaired) electrons. The summed E-state index contributed by atoms with van der Waals surface area (Å²) in [5.41, 5.74) is 0.240. The largest absolute Gasteiger partial charge is 0.479 e. The van der Waals surface area contributed by atoms with Crippen molar-refractivity contribution in [2.75, 3.05) is 64.2 Å². The lowest BCUT2D eigenvalue weighted by Crippen LogP contribution is -2.37. The van der Waals surface area contributed by atoms with Crippen molar-refractivity contribution in [3.05, 3.63) is 36.2 Å². The van der Waals surface area contributed by atoms with Gasteiger partial charge < -0.3 is 34.0 Å². The lowest BCUT2D eigenvalue weighted by Gasteiger charge is -2.26. The van der Waals surface area contributed by atoms with Gasteiger partial charge in [0.1, 0.15) is 5.76 Å². The first-order chi connectivity index (χ1) is 19.2. The minimum Gasteiger partial charge on any atom is -0.479 e. The number of nitrogens with zero attached hydrogens (tertiary/aromatic N) is 4. The molecule has 0 aromatic carbocycles. The van der Waals surface area contributed by atoms with Crippen LogP contribution in [0, 0.1) is 0 Å². The highest BCUT2D eigenvalue weighted by Crippen LogP contribution is 2.33. The van der Waals surface area contributed by atoms with Crippen LogP contribution in [0.15, 0.2) is 34.9 Å². The summed E-state index contributed by atoms with van der Waals surface area (Å²) < 4.78 is 27.8. The van der Waals surface area contributed by atoms with Crippen molar-refractivity contribution in [3.63, 3.8) is 0 Å². The standard InChI is InChI=1S/C27H38N6O6Si/c1-35-25-24(26(36-2)32-27(31-25)29-10-6-12-33-13-15-37-16-14-33)30-21(34)17-19-7-8-23(38-19)39-22-18-20(9-11-28-22)40(3,4)5/h7-9,11,18H,6,10,12-17H2,1-5H3,(H,30,34)(H,29,31,32). The van der Waals surface area contributed by atoms with E-state index in [2.05, 4.69) is 50.1 Å². The average Bonchev–Trinajstić information content (AvgIpc) is 3.37. The molecule has 40 heavy (non-hydrogen) atoms. The lowest BCUT2D eigenvalue weighted by atomic mass is 10.3. The van der Waals surface area contributed by atoms with Gasteiger partial charge in [0, 0.05) is 38.0 Å². The smallest absolute Gasteiger partial charge is 0.291 e. The maximum Gasteiger partial charge on any atom is 0.291 e. The molecule has 0 atom stereocenters. The molecule has 2 N–H and O–H groups in total. The number of carbonyl (C=O) groups is 1. The number of pyridine rings is 1. The van der Waals surface area contributed by atoms with Gasteiger partial charge in [-0.2, -0.15) is 9.97 Å². The van der Waals surface area contributed by atoms with E-state index in [0.29, 0.717) is 24.1 Å². The number of ether oxygens (including phenoxy) is 4. The molecule has 0 aliphatic carbocycles. The molecule has 1 fully saturated rings. The second-order valence-corrected chi connectivity index (χ2v) is 15.4. The van der Waals surface area contributed by atoms with Gasteiger partial charge in [0.2, 0.25) is 29.5 Å². The van der Waals surface area contributed by atoms with E-state index in [-0.39, 0.29) is 35.7 Å². The number of anilines is 2. The molecule has 0 saturated carbocycles. The second-order valence-electron chi connectivity index (χ2n) is 10.4. The number of hydrogen-bond acceptors (Lipinski definition) is 11. The van der Waals surface area contributed by atoms with E-state index in [0.717, 1.165) is 39.3 Å². The maximum absolute atomic E-state index is 12.9. The van der Waals surface area contributed by atoms with Crippen molar-refractivity contribution in [1.29, 1.82) is 0 Å². The number of methoxy groups -OCH3 is 2. The van der Waals surface area contributed by atoms with E-state index in [1.165, 1.54) is 19.4 Å². The highest BCUT2D eigenvalue weighted by atomic mass is 28.3. The van der Waals surface area contributed by atoms with Crippen LogP contribution in [0.4, 0.5) is 11.6 Å². The number of rotatable bonds is 13. The Morgan fingerprint density at radius 2 is 1.80 bits per heavy atom. The molecule has 0 unspecified atom stereocenters. The van der Waals surface area contributed by atoms with Crippen LogP contribution in [0.2, 0.25) is 19.6 Å². The zero-order valence-electron chi connectivity index (χ0n) is 23.8. The molecule has 0 bridgehead atoms. The summed E-state index contributed by atoms with van der Waals surface area (Å²) in [5, 5.41) is 7.21. The summed E-state index contributed by atoms with van der Waals surface area (Å²) in [6.45, 7) is 11.8. The van der Waals surface area contributed by atoms with Crippen LogP contribution < -0.4 is 30.0 Å². The number of aromatic nitrogens is 3. The van der Waals surface area contributed by atoms with Crippen LogP contribution >= 0.6 is 0 Å². The molecule has 12 nitrogen and oxygen atoms in total. The maximum atomic E-state index is 12.9. The number of carbonyl (C=O) groups excluding carboxylic acids is 1. The third-order valence-corrected chi connectivity index (χ3v) is 8.35. The molecule has 216 valence electrons. The molecular weight excluding hydrogens is 532 g/mol. The highest BCUT2D eigenvalue weighted by Gasteiger charge is 2.21. The van der Waals surface area contributed by atoms with Gasteiger partial charge in [-0.05, 0) is 25.1 Å². The fourth-order valence-electron chi connectivity index (χ4n) is 4.11. The molecule has 13 heteroatoms. The molecule has 1 aliphatic rings. The Hall–Kier alpha value is -3.68. The van der Waals surface area contributed by atoms with E-state index in [4.69, 9.17) is 23.4 Å². The van der Waals surface area contributed by atoms with Gasteiger partial charge in [-0.3, -0.25) is 9.69 Å². The number of hydrogen-bond donors (Lipinski definition) is 2. The SMILES string of the molecule is COc1nc(NCCCN2CCOCC2)nc(OC)c1NC(=O)Cc1ccc(Oc2cc([Si](C)(C)C)ccn2)o1. The molecule has 1 aliphatic heterocycles. The predicted octanol–water partition coefficient (Wildman–Crippen LogP) is 3.13. The highest BCUT2D eigenvalue weighted by molar-refractivity contribution is 6.88. The molecule has 1 amide bonds. The summed E-state index contributed by atoms with van der Waals surface area (Å²) in [6, 6.07) is 7.29. The zero-order chi connectivity index (χ0) is 28.5. The molecule has 3 aromatic rings. The van der Waals surface area contributed by atoms with Crippen LogP contribution in [0.3, 0.4) is 0 Å². The molecule has 1 saturated heterocycles. The van der Waals surface area contributed by atoms with E-state index >= 15 is 0 Å². The van der Waals surface area contributed by atoms with E-state index in [1.807, 2.05) is 12.1 Å². The van der Waals surface area contributed by atoms with Crippen molar-refractivity contribution in [3.8, 4) is 23.6 Å². The Bertz CT molecular complexity index is 1250. The monoisotopic (exact) mass is 570 g/mol. The summed E-state index contributed by atoms with van der Waals surface area (Å²) in [4.78, 5) is 28.3. The fourth-order valence-corrected chi connectivity index (χ4v) is 5.25. The average molecular weight is 571 g/mol.